The highest BCUT2D eigenvalue weighted by Crippen LogP contribution is 2.50. The number of hydrogen-bond acceptors (Lipinski definition) is 6. The molecule has 0 aromatic heterocycles. The molecule has 12 heteroatoms. The van der Waals surface area contributed by atoms with Crippen LogP contribution in [0, 0.1) is 0 Å². The van der Waals surface area contributed by atoms with Crippen molar-refractivity contribution in [2.45, 2.75) is 42.1 Å². The van der Waals surface area contributed by atoms with E-state index in [1.54, 1.807) is 13.8 Å². The van der Waals surface area contributed by atoms with Gasteiger partial charge >= 0.3 is 5.97 Å². The van der Waals surface area contributed by atoms with Crippen LogP contribution in [0.25, 0.3) is 0 Å². The molecule has 0 spiro atoms. The number of benzene rings is 1. The molecule has 3 rings (SSSR count). The zero-order chi connectivity index (χ0) is 18.5. The number of nitrogens with two attached hydrogens (primary N) is 1. The van der Waals surface area contributed by atoms with Crippen LogP contribution in [0.1, 0.15) is 25.5 Å². The highest BCUT2D eigenvalue weighted by Gasteiger charge is 2.64. The van der Waals surface area contributed by atoms with Gasteiger partial charge in [0.15, 0.2) is 0 Å². The summed E-state index contributed by atoms with van der Waals surface area (Å²) in [7, 11) is 0. The second-order valence-corrected chi connectivity index (χ2v) is 8.42. The topological polar surface area (TPSA) is 227 Å². The van der Waals surface area contributed by atoms with Crippen LogP contribution in [0.5, 0.6) is 5.75 Å². The average Bonchev–Trinajstić information content (AvgIpc) is 2.80. The third-order valence-electron chi connectivity index (χ3n) is 4.51. The lowest BCUT2D eigenvalue weighted by molar-refractivity contribution is -0.161. The molecule has 2 aliphatic rings. The van der Waals surface area contributed by atoms with Crippen molar-refractivity contribution in [3.8, 4) is 5.75 Å². The van der Waals surface area contributed by atoms with Gasteiger partial charge < -0.3 is 42.6 Å². The Morgan fingerprint density at radius 3 is 2.25 bits per heavy atom. The van der Waals surface area contributed by atoms with Crippen molar-refractivity contribution in [1.82, 2.24) is 10.2 Å². The third-order valence-corrected chi connectivity index (χ3v) is 6.08. The number of aliphatic carboxylic acids is 1. The number of β-lactam (4-membered cyclic amide) rings is 1. The normalized spacial score (nSPS) is 25.0. The Balaban J connectivity index is 0.00000243. The van der Waals surface area contributed by atoms with E-state index in [2.05, 4.69) is 5.32 Å². The number of rotatable bonds is 4. The summed E-state index contributed by atoms with van der Waals surface area (Å²) in [4.78, 5) is 37.5. The first-order valence-electron chi connectivity index (χ1n) is 7.71. The van der Waals surface area contributed by atoms with Crippen molar-refractivity contribution in [1.29, 1.82) is 0 Å². The van der Waals surface area contributed by atoms with Crippen LogP contribution in [-0.4, -0.2) is 71.5 Å². The predicted octanol–water partition coefficient (Wildman–Crippen LogP) is -2.45. The molecule has 2 fully saturated rings. The summed E-state index contributed by atoms with van der Waals surface area (Å²) in [5.41, 5.74) is 6.41. The maximum absolute atomic E-state index is 12.3. The zero-order valence-electron chi connectivity index (χ0n) is 15.2. The minimum absolute atomic E-state index is 0. The van der Waals surface area contributed by atoms with Crippen molar-refractivity contribution in [3.05, 3.63) is 29.8 Å². The zero-order valence-corrected chi connectivity index (χ0v) is 16.0. The van der Waals surface area contributed by atoms with E-state index < -0.39 is 46.0 Å². The Bertz CT molecular complexity index is 742. The van der Waals surface area contributed by atoms with Gasteiger partial charge in [-0.05, 0) is 31.5 Å². The fraction of sp³-hybridized carbons (Fsp3) is 0.438. The Labute approximate surface area is 164 Å². The monoisotopic (exact) mass is 419 g/mol. The maximum atomic E-state index is 12.3. The number of carbonyl (C=O) groups excluding carboxylic acids is 2. The molecule has 1 aromatic rings. The van der Waals surface area contributed by atoms with Crippen LogP contribution < -0.4 is 11.1 Å². The minimum Gasteiger partial charge on any atom is -0.508 e. The first-order chi connectivity index (χ1) is 11.6. The Morgan fingerprint density at radius 1 is 1.21 bits per heavy atom. The van der Waals surface area contributed by atoms with Crippen LogP contribution in [0.3, 0.4) is 0 Å². The van der Waals surface area contributed by atoms with E-state index in [1.165, 1.54) is 40.9 Å². The SMILES string of the molecule is CC1(C)S[C@@H]2[C@H](NC(=O)[C@H](N)c3ccc(O)cc3)C(=O)N2[C@H]1C(=O)O.O.O.O. The van der Waals surface area contributed by atoms with Gasteiger partial charge in [0.2, 0.25) is 11.8 Å². The van der Waals surface area contributed by atoms with Crippen LogP contribution >= 0.6 is 11.8 Å². The number of thioether (sulfide) groups is 1. The number of hydrogen-bond donors (Lipinski definition) is 4. The van der Waals surface area contributed by atoms with E-state index >= 15 is 0 Å². The lowest BCUT2D eigenvalue weighted by Gasteiger charge is -2.43. The molecule has 2 aliphatic heterocycles. The Morgan fingerprint density at radius 2 is 1.75 bits per heavy atom. The van der Waals surface area contributed by atoms with E-state index in [4.69, 9.17) is 5.73 Å². The van der Waals surface area contributed by atoms with Gasteiger partial charge in [-0.2, -0.15) is 0 Å². The molecular formula is C16H25N3O8S. The summed E-state index contributed by atoms with van der Waals surface area (Å²) in [5, 5.41) is 20.9. The van der Waals surface area contributed by atoms with Crippen LogP contribution in [0.15, 0.2) is 24.3 Å². The molecule has 28 heavy (non-hydrogen) atoms. The van der Waals surface area contributed by atoms with Gasteiger partial charge in [0.1, 0.15) is 29.2 Å². The number of nitrogens with one attached hydrogen (secondary N) is 1. The summed E-state index contributed by atoms with van der Waals surface area (Å²) >= 11 is 1.35. The lowest BCUT2D eigenvalue weighted by Crippen LogP contribution is -2.71. The number of phenols is 1. The van der Waals surface area contributed by atoms with Crippen LogP contribution in [-0.2, 0) is 14.4 Å². The molecule has 2 heterocycles. The molecule has 2 amide bonds. The highest BCUT2D eigenvalue weighted by atomic mass is 32.2. The molecule has 2 saturated heterocycles. The molecule has 0 radical (unpaired) electrons. The van der Waals surface area contributed by atoms with Gasteiger partial charge in [0, 0.05) is 4.75 Å². The van der Waals surface area contributed by atoms with E-state index in [0.29, 0.717) is 5.56 Å². The highest BCUT2D eigenvalue weighted by molar-refractivity contribution is 8.01. The molecule has 158 valence electrons. The molecule has 0 aliphatic carbocycles. The van der Waals surface area contributed by atoms with Gasteiger partial charge in [-0.1, -0.05) is 12.1 Å². The molecule has 0 unspecified atom stereocenters. The van der Waals surface area contributed by atoms with Gasteiger partial charge in [-0.25, -0.2) is 4.79 Å². The van der Waals surface area contributed by atoms with E-state index in [9.17, 15) is 24.6 Å². The van der Waals surface area contributed by atoms with E-state index in [0.717, 1.165) is 0 Å². The summed E-state index contributed by atoms with van der Waals surface area (Å²) in [6, 6.07) is 3.21. The van der Waals surface area contributed by atoms with Crippen molar-refractivity contribution in [2.75, 3.05) is 0 Å². The van der Waals surface area contributed by atoms with Gasteiger partial charge in [-0.3, -0.25) is 9.59 Å². The first kappa shape index (κ1) is 25.6. The summed E-state index contributed by atoms with van der Waals surface area (Å²) in [6.07, 6.45) is 0. The minimum atomic E-state index is -1.06. The number of amides is 2. The average molecular weight is 419 g/mol. The molecule has 0 saturated carbocycles. The molecule has 4 atom stereocenters. The maximum Gasteiger partial charge on any atom is 0.327 e. The number of nitrogens with zero attached hydrogens (tertiary/aromatic N) is 1. The number of carbonyl (C=O) groups is 3. The van der Waals surface area contributed by atoms with Gasteiger partial charge in [0.25, 0.3) is 0 Å². The van der Waals surface area contributed by atoms with Crippen molar-refractivity contribution in [3.63, 3.8) is 0 Å². The van der Waals surface area contributed by atoms with E-state index in [-0.39, 0.29) is 22.2 Å². The van der Waals surface area contributed by atoms with E-state index in [1.807, 2.05) is 0 Å². The second kappa shape index (κ2) is 8.75. The number of fused-ring (bicyclic) bond motifs is 1. The number of carboxylic acids is 1. The van der Waals surface area contributed by atoms with Crippen molar-refractivity contribution in [2.24, 2.45) is 5.73 Å². The second-order valence-electron chi connectivity index (χ2n) is 6.65. The van der Waals surface area contributed by atoms with Crippen LogP contribution in [0.2, 0.25) is 0 Å². The largest absolute Gasteiger partial charge is 0.508 e. The quantitative estimate of drug-likeness (QED) is 0.384. The molecular weight excluding hydrogens is 394 g/mol. The molecule has 11 N–H and O–H groups in total. The third kappa shape index (κ3) is 4.05. The summed E-state index contributed by atoms with van der Waals surface area (Å²) in [6.45, 7) is 3.53. The Hall–Kier alpha value is -2.38. The standard InChI is InChI=1S/C16H19N3O5S.3H2O/c1-16(2)11(15(23)24)19-13(22)10(14(19)25-16)18-12(21)9(17)7-3-5-8(20)6-4-7;;;/h3-6,9-11,14,20H,17H2,1-2H3,(H,18,21)(H,23,24);3*1H2/t9-,10-,11+,14-;;;/m1.../s1. The fourth-order valence-electron chi connectivity index (χ4n) is 3.22. The fourth-order valence-corrected chi connectivity index (χ4v) is 4.85. The Kier molecular flexibility index (Phi) is 8.01. The molecule has 0 bridgehead atoms. The summed E-state index contributed by atoms with van der Waals surface area (Å²) in [5.74, 6) is -1.94. The number of carboxylic acid groups (broad SMARTS) is 1. The van der Waals surface area contributed by atoms with Crippen molar-refractivity contribution >= 4 is 29.5 Å². The summed E-state index contributed by atoms with van der Waals surface area (Å²) < 4.78 is -0.648. The first-order valence-corrected chi connectivity index (χ1v) is 8.59. The van der Waals surface area contributed by atoms with Crippen LogP contribution in [0.4, 0.5) is 0 Å². The smallest absolute Gasteiger partial charge is 0.327 e. The lowest BCUT2D eigenvalue weighted by atomic mass is 9.95. The number of aromatic hydroxyl groups is 1. The van der Waals surface area contributed by atoms with Crippen molar-refractivity contribution < 1.29 is 41.0 Å². The molecule has 11 nitrogen and oxygen atoms in total. The van der Waals surface area contributed by atoms with Gasteiger partial charge in [0.05, 0.1) is 0 Å². The molecule has 1 aromatic carbocycles. The predicted molar refractivity (Wildman–Crippen MR) is 102 cm³/mol. The van der Waals surface area contributed by atoms with Gasteiger partial charge in [-0.15, -0.1) is 11.8 Å². The number of phenolic OH excluding ortho intramolecular Hbond substituents is 1.